The van der Waals surface area contributed by atoms with E-state index >= 15 is 8.78 Å². The molecule has 1 saturated carbocycles. The highest BCUT2D eigenvalue weighted by Gasteiger charge is 2.61. The zero-order chi connectivity index (χ0) is 38.9. The van der Waals surface area contributed by atoms with Crippen LogP contribution in [0, 0.1) is 11.3 Å². The van der Waals surface area contributed by atoms with Gasteiger partial charge in [-0.2, -0.15) is 22.0 Å². The Bertz CT molecular complexity index is 1450. The number of carbonyl (C=O) groups excluding carboxylic acids is 5. The van der Waals surface area contributed by atoms with E-state index in [1.165, 1.54) is 45.2 Å². The third-order valence-corrected chi connectivity index (χ3v) is 10.5. The van der Waals surface area contributed by atoms with E-state index in [9.17, 15) is 41.4 Å². The second-order valence-corrected chi connectivity index (χ2v) is 14.8. The van der Waals surface area contributed by atoms with Crippen molar-refractivity contribution in [2.24, 2.45) is 11.3 Å². The van der Waals surface area contributed by atoms with Crippen LogP contribution < -0.4 is 26.0 Å². The molecule has 1 saturated heterocycles. The number of carbonyl (C=O) groups is 5. The van der Waals surface area contributed by atoms with Gasteiger partial charge >= 0.3 is 12.1 Å². The van der Waals surface area contributed by atoms with Gasteiger partial charge in [0, 0.05) is 55.6 Å². The number of rotatable bonds is 17. The van der Waals surface area contributed by atoms with E-state index in [1.54, 1.807) is 0 Å². The molecule has 0 radical (unpaired) electrons. The summed E-state index contributed by atoms with van der Waals surface area (Å²) in [6.45, 7) is 2.98. The zero-order valence-corrected chi connectivity index (χ0v) is 30.2. The summed E-state index contributed by atoms with van der Waals surface area (Å²) in [4.78, 5) is 67.9. The molecule has 1 aliphatic carbocycles. The molecule has 52 heavy (non-hydrogen) atoms. The van der Waals surface area contributed by atoms with Crippen LogP contribution in [0.1, 0.15) is 51.1 Å². The first-order chi connectivity index (χ1) is 24.4. The van der Waals surface area contributed by atoms with Gasteiger partial charge in [-0.1, -0.05) is 38.8 Å². The Morgan fingerprint density at radius 3 is 2.02 bits per heavy atom. The lowest BCUT2D eigenvalue weighted by Gasteiger charge is -2.32. The van der Waals surface area contributed by atoms with Crippen molar-refractivity contribution in [3.05, 3.63) is 29.8 Å². The molecule has 4 N–H and O–H groups in total. The Labute approximate surface area is 300 Å². The fourth-order valence-corrected chi connectivity index (χ4v) is 7.15. The largest absolute Gasteiger partial charge is 0.497 e. The SMILES string of the molecule is COC[C@H](NC(=O)C1(C(F)(F)F)CCCC1)C(=O)NC(C(=O)N[C@H](C(=O)C(F)(F)C(=O)NCCN1CCS(=O)CC1)C(C)C)c1ccc(OC)cc1. The minimum atomic E-state index is -4.90. The van der Waals surface area contributed by atoms with E-state index in [1.807, 2.05) is 10.2 Å². The average molecular weight is 768 g/mol. The second-order valence-electron chi connectivity index (χ2n) is 13.1. The summed E-state index contributed by atoms with van der Waals surface area (Å²) in [5, 5.41) is 8.69. The van der Waals surface area contributed by atoms with Crippen molar-refractivity contribution >= 4 is 40.2 Å². The minimum Gasteiger partial charge on any atom is -0.497 e. The monoisotopic (exact) mass is 767 g/mol. The van der Waals surface area contributed by atoms with Crippen LogP contribution >= 0.6 is 0 Å². The standard InChI is InChI=1S/C33H46F5N5O8S/c1-20(2)24(26(44)32(34,35)30(48)39-13-14-43-15-17-52(49)18-16-43)41-28(46)25(21-7-9-22(51-4)10-8-21)42-27(45)23(19-50-3)40-29(47)31(33(36,37)38)11-5-6-12-31/h7-10,20,23-25H,5-6,11-19H2,1-4H3,(H,39,48)(H,40,47)(H,41,46)(H,42,45)/t23-,24-,25?/m0/s1. The van der Waals surface area contributed by atoms with Crippen molar-refractivity contribution in [3.8, 4) is 5.75 Å². The van der Waals surface area contributed by atoms with Crippen molar-refractivity contribution < 1.29 is 59.6 Å². The lowest BCUT2D eigenvalue weighted by molar-refractivity contribution is -0.220. The lowest BCUT2D eigenvalue weighted by atomic mass is 9.84. The van der Waals surface area contributed by atoms with Gasteiger partial charge in [0.1, 0.15) is 23.2 Å². The van der Waals surface area contributed by atoms with Crippen molar-refractivity contribution in [1.29, 1.82) is 0 Å². The fourth-order valence-electron chi connectivity index (χ4n) is 6.02. The van der Waals surface area contributed by atoms with Crippen LogP contribution in [-0.2, 0) is 39.5 Å². The number of amides is 4. The van der Waals surface area contributed by atoms with Crippen LogP contribution in [0.5, 0.6) is 5.75 Å². The summed E-state index contributed by atoms with van der Waals surface area (Å²) in [7, 11) is 1.55. The maximum atomic E-state index is 15.3. The topological polar surface area (TPSA) is 172 Å². The summed E-state index contributed by atoms with van der Waals surface area (Å²) in [5.41, 5.74) is -2.67. The molecule has 13 nitrogen and oxygen atoms in total. The summed E-state index contributed by atoms with van der Waals surface area (Å²) in [5.74, 6) is -11.9. The molecule has 0 bridgehead atoms. The number of nitrogens with zero attached hydrogens (tertiary/aromatic N) is 1. The predicted octanol–water partition coefficient (Wildman–Crippen LogP) is 1.63. The Balaban J connectivity index is 1.81. The van der Waals surface area contributed by atoms with Crippen LogP contribution in [-0.4, -0.2) is 121 Å². The third-order valence-electron chi connectivity index (χ3n) is 9.21. The van der Waals surface area contributed by atoms with Crippen molar-refractivity contribution in [3.63, 3.8) is 0 Å². The van der Waals surface area contributed by atoms with Crippen molar-refractivity contribution in [2.45, 2.75) is 69.8 Å². The van der Waals surface area contributed by atoms with Gasteiger partial charge in [-0.15, -0.1) is 0 Å². The maximum Gasteiger partial charge on any atom is 0.403 e. The van der Waals surface area contributed by atoms with Gasteiger partial charge in [0.15, 0.2) is 0 Å². The number of hydrogen-bond acceptors (Lipinski definition) is 9. The molecular weight excluding hydrogens is 721 g/mol. The Morgan fingerprint density at radius 1 is 0.904 bits per heavy atom. The minimum absolute atomic E-state index is 0.0534. The highest BCUT2D eigenvalue weighted by atomic mass is 32.2. The molecule has 292 valence electrons. The van der Waals surface area contributed by atoms with Gasteiger partial charge in [0.05, 0.1) is 19.8 Å². The summed E-state index contributed by atoms with van der Waals surface area (Å²) >= 11 is 0. The number of alkyl halides is 5. The molecule has 1 aromatic carbocycles. The van der Waals surface area contributed by atoms with Gasteiger partial charge < -0.3 is 30.7 Å². The number of ether oxygens (including phenoxy) is 2. The predicted molar refractivity (Wildman–Crippen MR) is 179 cm³/mol. The summed E-state index contributed by atoms with van der Waals surface area (Å²) < 4.78 is 94.4. The van der Waals surface area contributed by atoms with E-state index in [0.29, 0.717) is 30.3 Å². The first-order valence-corrected chi connectivity index (χ1v) is 18.3. The number of ketones is 1. The normalized spacial score (nSPS) is 18.6. The highest BCUT2D eigenvalue weighted by Crippen LogP contribution is 2.50. The molecule has 1 unspecified atom stereocenters. The van der Waals surface area contributed by atoms with Crippen LogP contribution in [0.2, 0.25) is 0 Å². The quantitative estimate of drug-likeness (QED) is 0.136. The molecule has 2 aliphatic rings. The van der Waals surface area contributed by atoms with E-state index in [2.05, 4.69) is 16.0 Å². The average Bonchev–Trinajstić information content (AvgIpc) is 3.62. The van der Waals surface area contributed by atoms with Gasteiger partial charge in [0.25, 0.3) is 5.91 Å². The fraction of sp³-hybridized carbons (Fsp3) is 0.667. The van der Waals surface area contributed by atoms with E-state index in [-0.39, 0.29) is 31.5 Å². The first-order valence-electron chi connectivity index (χ1n) is 16.8. The molecule has 1 aromatic rings. The molecular formula is C33H46F5N5O8S. The van der Waals surface area contributed by atoms with Crippen molar-refractivity contribution in [2.75, 3.05) is 58.5 Å². The number of halogens is 5. The van der Waals surface area contributed by atoms with Crippen LogP contribution in [0.15, 0.2) is 24.3 Å². The molecule has 3 rings (SSSR count). The number of nitrogens with one attached hydrogen (secondary N) is 4. The van der Waals surface area contributed by atoms with Gasteiger partial charge in [-0.25, -0.2) is 0 Å². The second kappa shape index (κ2) is 18.4. The molecule has 4 amide bonds. The lowest BCUT2D eigenvalue weighted by Crippen LogP contribution is -2.59. The van der Waals surface area contributed by atoms with Gasteiger partial charge in [-0.3, -0.25) is 33.1 Å². The summed E-state index contributed by atoms with van der Waals surface area (Å²) in [6, 6.07) is 0.136. The van der Waals surface area contributed by atoms with E-state index < -0.39 is 101 Å². The number of benzene rings is 1. The van der Waals surface area contributed by atoms with Crippen molar-refractivity contribution in [1.82, 2.24) is 26.2 Å². The highest BCUT2D eigenvalue weighted by molar-refractivity contribution is 7.85. The van der Waals surface area contributed by atoms with Crippen LogP contribution in [0.4, 0.5) is 22.0 Å². The molecule has 3 atom stereocenters. The van der Waals surface area contributed by atoms with Crippen LogP contribution in [0.25, 0.3) is 0 Å². The van der Waals surface area contributed by atoms with Gasteiger partial charge in [-0.05, 0) is 36.5 Å². The molecule has 1 heterocycles. The number of hydrogen-bond donors (Lipinski definition) is 4. The smallest absolute Gasteiger partial charge is 0.403 e. The molecule has 0 spiro atoms. The Hall–Kier alpha value is -3.71. The Kier molecular flexibility index (Phi) is 15.1. The van der Waals surface area contributed by atoms with Crippen LogP contribution in [0.3, 0.4) is 0 Å². The van der Waals surface area contributed by atoms with Gasteiger partial charge in [0.2, 0.25) is 23.5 Å². The molecule has 19 heteroatoms. The molecule has 0 aromatic heterocycles. The summed E-state index contributed by atoms with van der Waals surface area (Å²) in [6.07, 6.45) is -5.56. The van der Waals surface area contributed by atoms with E-state index in [0.717, 1.165) is 7.11 Å². The maximum absolute atomic E-state index is 15.3. The zero-order valence-electron chi connectivity index (χ0n) is 29.4. The molecule has 1 aliphatic heterocycles. The van der Waals surface area contributed by atoms with E-state index in [4.69, 9.17) is 9.47 Å². The molecule has 2 fully saturated rings. The third kappa shape index (κ3) is 10.5. The number of Topliss-reactive ketones (excluding diaryl/α,β-unsaturated/α-hetero) is 1. The Morgan fingerprint density at radius 2 is 1.50 bits per heavy atom. The number of methoxy groups -OCH3 is 2. The first kappa shape index (κ1) is 42.7.